The molecule has 10 unspecified atom stereocenters. The van der Waals surface area contributed by atoms with Gasteiger partial charge in [0, 0.05) is 53.3 Å². The van der Waals surface area contributed by atoms with Crippen LogP contribution < -0.4 is 62.5 Å². The summed E-state index contributed by atoms with van der Waals surface area (Å²) in [6.07, 6.45) is -19.4. The molecule has 35 nitrogen and oxygen atoms in total. The standard InChI is InChI=1S/C90H102Cl3N9O26S/c1-41(2)28-59(95-9)84(114)102-75-76(109)52-22-27-65(58(93)33-52)125-67-13-11-12-66(79(67)128-89-80(78(111)77(110)68(126-89)40-122-129(120,121)81-43(4)29-42(3)30-44(81)5)127-71-38-90(8,82(112)46(7)123-71)97-39-47-14-16-48(17-15-47)49-18-23-53(91)24-19-49)124-64-26-21-50(32-57(64)92)62(105)37-70(108)100-74(88(118)119)56-34-54(103)35-63(106)72(56)55-31-51(20-25-61(55)104)73(86(116)96-10)101-83(113)45(6)98-85(115)60(36-69(94)107)99-87(75)117/h11-27,29-35,41,45-46,59-60,62,68,71,73-78,80,82,89,95,97,103-106,109-112H,28,36-40H2,1-10H3,(H2,94,107)(H,96,116)(H,98,115)(H,99,117)(H,100,108)(H,101,113)(H,102,114)(H,118,119)/t45-,46?,59-,60+,62+,68?,71?,73?,74-,75-,76-,77?,78?,80?,82?,89?,90?/m1/s1. The number of nitrogens with one attached hydrogen (secondary N) is 8. The summed E-state index contributed by atoms with van der Waals surface area (Å²) in [4.78, 5) is 112. The summed E-state index contributed by atoms with van der Waals surface area (Å²) in [5.41, 5.74) is 6.41. The molecule has 19 N–H and O–H groups in total. The van der Waals surface area contributed by atoms with Gasteiger partial charge < -0.3 is 123 Å². The van der Waals surface area contributed by atoms with Crippen LogP contribution in [-0.2, 0) is 73.4 Å². The Morgan fingerprint density at radius 3 is 1.89 bits per heavy atom. The van der Waals surface area contributed by atoms with Gasteiger partial charge in [-0.3, -0.25) is 37.7 Å². The van der Waals surface area contributed by atoms with Gasteiger partial charge in [-0.25, -0.2) is 4.79 Å². The number of aliphatic hydroxyl groups excluding tert-OH is 5. The van der Waals surface area contributed by atoms with Gasteiger partial charge in [0.1, 0.15) is 77.3 Å². The number of para-hydroxylation sites is 1. The van der Waals surface area contributed by atoms with Gasteiger partial charge in [-0.05, 0) is 172 Å². The van der Waals surface area contributed by atoms with Crippen LogP contribution in [0.1, 0.15) is 129 Å². The number of phenolic OH excluding ortho intramolecular Hbond substituents is 3. The molecule has 39 heteroatoms. The van der Waals surface area contributed by atoms with Crippen LogP contribution in [0, 0.1) is 26.7 Å². The fraction of sp³-hybridized carbons (Fsp3) is 0.378. The van der Waals surface area contributed by atoms with Gasteiger partial charge in [-0.1, -0.05) is 127 Å². The number of hydrogen-bond acceptors (Lipinski definition) is 27. The molecule has 7 amide bonds. The number of likely N-dealkylation sites (N-methyl/N-ethyl adjacent to an activating group) is 2. The molecule has 17 atom stereocenters. The second-order valence-electron chi connectivity index (χ2n) is 32.5. The van der Waals surface area contributed by atoms with E-state index in [2.05, 4.69) is 42.5 Å². The topological polar surface area (TPSA) is 540 Å². The average molecular weight is 1860 g/mol. The van der Waals surface area contributed by atoms with Crippen molar-refractivity contribution in [1.82, 2.24) is 42.5 Å². The second-order valence-corrected chi connectivity index (χ2v) is 35.3. The van der Waals surface area contributed by atoms with Crippen LogP contribution >= 0.6 is 34.8 Å². The minimum atomic E-state index is -4.70. The van der Waals surface area contributed by atoms with E-state index in [4.69, 9.17) is 73.1 Å². The first-order valence-corrected chi connectivity index (χ1v) is 43.5. The monoisotopic (exact) mass is 1860 g/mol. The number of carboxylic acids is 1. The molecule has 129 heavy (non-hydrogen) atoms. The number of aryl methyl sites for hydroxylation is 3. The molecule has 5 heterocycles. The zero-order valence-electron chi connectivity index (χ0n) is 71.5. The minimum Gasteiger partial charge on any atom is -0.508 e. The van der Waals surface area contributed by atoms with Crippen molar-refractivity contribution in [2.24, 2.45) is 11.7 Å². The van der Waals surface area contributed by atoms with Crippen LogP contribution in [0.5, 0.6) is 46.0 Å². The van der Waals surface area contributed by atoms with Crippen LogP contribution in [0.2, 0.25) is 15.1 Å². The lowest BCUT2D eigenvalue weighted by Crippen LogP contribution is -2.65. The predicted octanol–water partition coefficient (Wildman–Crippen LogP) is 7.57. The van der Waals surface area contributed by atoms with Crippen LogP contribution in [-0.4, -0.2) is 201 Å². The SMILES string of the molecule is CNC(=O)C1NC(=O)[C@@H](C)NC(=O)[C@H](CC(N)=O)NC(=O)[C@H](NC(=O)[C@@H](CC(C)C)NC)[C@H](O)c2ccc(c(Cl)c2)Oc2cccc(c2OC2OC(COS(=O)(=O)c3c(C)cc(C)cc3C)C(O)C(O)C2OC2CC(C)(NCc3ccc(-c4ccc(Cl)cc4)cc3)C(O)C(C)O2)Oc2ccc(cc2Cl)[C@@H](O)CC(=O)N[C@@H](C(=O)O)c2cc(O)cc(O)c2-c2cc1ccc2O. The summed E-state index contributed by atoms with van der Waals surface area (Å²) in [5, 5.41) is 127. The highest BCUT2D eigenvalue weighted by molar-refractivity contribution is 7.86. The number of fused-ring (bicyclic) bond motifs is 2. The van der Waals surface area contributed by atoms with E-state index in [9.17, 15) is 92.7 Å². The summed E-state index contributed by atoms with van der Waals surface area (Å²) in [6.45, 7) is 12.2. The summed E-state index contributed by atoms with van der Waals surface area (Å²) in [5.74, 6) is -13.8. The van der Waals surface area contributed by atoms with E-state index in [1.807, 2.05) is 50.2 Å². The van der Waals surface area contributed by atoms with Crippen molar-refractivity contribution in [2.75, 3.05) is 20.7 Å². The molecule has 8 aromatic carbocycles. The molecule has 0 aromatic heterocycles. The van der Waals surface area contributed by atoms with E-state index in [1.54, 1.807) is 58.9 Å². The molecule has 8 bridgehead atoms. The zero-order valence-corrected chi connectivity index (χ0v) is 74.6. The first-order valence-electron chi connectivity index (χ1n) is 40.9. The molecule has 0 spiro atoms. The maximum atomic E-state index is 15.0. The number of phenols is 3. The van der Waals surface area contributed by atoms with E-state index in [0.717, 1.165) is 65.6 Å². The maximum absolute atomic E-state index is 15.0. The predicted molar refractivity (Wildman–Crippen MR) is 469 cm³/mol. The number of aliphatic hydroxyl groups is 5. The van der Waals surface area contributed by atoms with Gasteiger partial charge in [0.05, 0.1) is 58.7 Å². The Labute approximate surface area is 757 Å². The van der Waals surface area contributed by atoms with Crippen molar-refractivity contribution >= 4 is 92.2 Å². The molecule has 8 aromatic rings. The average Bonchev–Trinajstić information content (AvgIpc) is 0.774. The van der Waals surface area contributed by atoms with E-state index in [1.165, 1.54) is 62.6 Å². The lowest BCUT2D eigenvalue weighted by Gasteiger charge is -2.48. The number of ether oxygens (including phenoxy) is 6. The van der Waals surface area contributed by atoms with Crippen molar-refractivity contribution in [3.63, 3.8) is 0 Å². The molecule has 5 aliphatic rings. The number of nitrogens with two attached hydrogens (primary N) is 1. The number of carboxylic acid groups (broad SMARTS) is 1. The van der Waals surface area contributed by atoms with Gasteiger partial charge in [-0.15, -0.1) is 0 Å². The molecule has 2 saturated heterocycles. The van der Waals surface area contributed by atoms with Crippen molar-refractivity contribution < 1.29 is 125 Å². The highest BCUT2D eigenvalue weighted by atomic mass is 35.5. The number of aliphatic carboxylic acids is 1. The maximum Gasteiger partial charge on any atom is 0.330 e. The summed E-state index contributed by atoms with van der Waals surface area (Å²) >= 11 is 20.4. The second kappa shape index (κ2) is 42.1. The number of amides is 7. The molecular weight excluding hydrogens is 1760 g/mol. The molecule has 5 aliphatic heterocycles. The molecule has 690 valence electrons. The third-order valence-electron chi connectivity index (χ3n) is 22.2. The van der Waals surface area contributed by atoms with Crippen molar-refractivity contribution in [2.45, 2.75) is 196 Å². The van der Waals surface area contributed by atoms with Gasteiger partial charge in [0.2, 0.25) is 53.4 Å². The summed E-state index contributed by atoms with van der Waals surface area (Å²) < 4.78 is 73.9. The summed E-state index contributed by atoms with van der Waals surface area (Å²) in [7, 11) is -2.04. The largest absolute Gasteiger partial charge is 0.508 e. The molecular formula is C90H102Cl3N9O26S. The van der Waals surface area contributed by atoms with Gasteiger partial charge in [-0.2, -0.15) is 8.42 Å². The van der Waals surface area contributed by atoms with E-state index in [0.29, 0.717) is 16.1 Å². The lowest BCUT2D eigenvalue weighted by molar-refractivity contribution is -0.334. The van der Waals surface area contributed by atoms with Gasteiger partial charge >= 0.3 is 5.97 Å². The number of benzene rings is 8. The van der Waals surface area contributed by atoms with E-state index in [-0.39, 0.29) is 79.9 Å². The fourth-order valence-corrected chi connectivity index (χ4v) is 17.4. The number of carbonyl (C=O) groups excluding carboxylic acids is 7. The Kier molecular flexibility index (Phi) is 32.1. The van der Waals surface area contributed by atoms with Crippen LogP contribution in [0.3, 0.4) is 0 Å². The van der Waals surface area contributed by atoms with Crippen molar-refractivity contribution in [3.05, 3.63) is 205 Å². The molecule has 0 aliphatic carbocycles. The van der Waals surface area contributed by atoms with Crippen molar-refractivity contribution in [3.8, 4) is 68.2 Å². The van der Waals surface area contributed by atoms with E-state index >= 15 is 0 Å². The van der Waals surface area contributed by atoms with Gasteiger partial charge in [0.15, 0.2) is 29.9 Å². The number of aromatic hydroxyl groups is 3. The Hall–Kier alpha value is -11.3. The van der Waals surface area contributed by atoms with Crippen molar-refractivity contribution in [1.29, 1.82) is 0 Å². The smallest absolute Gasteiger partial charge is 0.330 e. The number of rotatable bonds is 21. The fourth-order valence-electron chi connectivity index (χ4n) is 15.5. The molecule has 0 saturated carbocycles. The van der Waals surface area contributed by atoms with Crippen LogP contribution in [0.15, 0.2) is 150 Å². The summed E-state index contributed by atoms with van der Waals surface area (Å²) in [6, 6.07) is 23.6. The zero-order chi connectivity index (χ0) is 94.1. The lowest BCUT2D eigenvalue weighted by atomic mass is 9.84. The number of hydrogen-bond donors (Lipinski definition) is 18. The Morgan fingerprint density at radius 2 is 1.29 bits per heavy atom. The van der Waals surface area contributed by atoms with Gasteiger partial charge in [0.25, 0.3) is 10.1 Å². The Bertz CT molecular complexity index is 5600. The first kappa shape index (κ1) is 98.3. The molecule has 13 rings (SSSR count). The Balaban J connectivity index is 1.02. The van der Waals surface area contributed by atoms with E-state index < -0.39 is 220 Å². The number of halogens is 3. The molecule has 2 fully saturated rings. The highest BCUT2D eigenvalue weighted by Gasteiger charge is 2.52. The number of primary amides is 1. The highest BCUT2D eigenvalue weighted by Crippen LogP contribution is 2.49. The third-order valence-corrected chi connectivity index (χ3v) is 24.6. The van der Waals surface area contributed by atoms with Crippen LogP contribution in [0.4, 0.5) is 0 Å². The first-order chi connectivity index (χ1) is 60.9. The Morgan fingerprint density at radius 1 is 0.682 bits per heavy atom. The number of carbonyl (C=O) groups is 8. The minimum absolute atomic E-state index is 0.0850. The molecule has 0 radical (unpaired) electrons. The quantitative estimate of drug-likeness (QED) is 0.0308. The normalized spacial score (nSPS) is 24.6. The van der Waals surface area contributed by atoms with Crippen LogP contribution in [0.25, 0.3) is 22.3 Å². The third kappa shape index (κ3) is 23.7.